The number of hydrogen-bond donors (Lipinski definition) is 2. The van der Waals surface area contributed by atoms with E-state index in [1.54, 1.807) is 13.3 Å². The van der Waals surface area contributed by atoms with Crippen molar-refractivity contribution in [3.63, 3.8) is 0 Å². The molecule has 0 atom stereocenters. The third kappa shape index (κ3) is 2.48. The molecule has 108 valence electrons. The molecule has 0 aliphatic rings. The van der Waals surface area contributed by atoms with Crippen molar-refractivity contribution < 1.29 is 4.74 Å². The minimum Gasteiger partial charge on any atom is -0.481 e. The maximum atomic E-state index is 6.61. The van der Waals surface area contributed by atoms with Crippen LogP contribution in [0, 0.1) is 0 Å². The van der Waals surface area contributed by atoms with Gasteiger partial charge >= 0.3 is 0 Å². The van der Waals surface area contributed by atoms with E-state index in [4.69, 9.17) is 22.1 Å². The van der Waals surface area contributed by atoms with Crippen molar-refractivity contribution in [2.24, 2.45) is 5.73 Å². The Morgan fingerprint density at radius 3 is 2.81 bits per heavy atom. The minimum atomic E-state index is 0.585. The van der Waals surface area contributed by atoms with Crippen molar-refractivity contribution in [3.8, 4) is 17.0 Å². The molecule has 0 unspecified atom stereocenters. The topological polar surface area (TPSA) is 63.9 Å². The molecule has 0 fully saturated rings. The summed E-state index contributed by atoms with van der Waals surface area (Å²) in [5.41, 5.74) is 9.74. The number of methoxy groups -OCH3 is 1. The van der Waals surface area contributed by atoms with Crippen molar-refractivity contribution >= 4 is 22.5 Å². The number of aromatic nitrogens is 2. The Bertz CT molecular complexity index is 765. The molecule has 4 nitrogen and oxygen atoms in total. The number of aromatic amines is 1. The maximum Gasteiger partial charge on any atom is 0.212 e. The Hall–Kier alpha value is -2.04. The minimum absolute atomic E-state index is 0.585. The first-order valence-electron chi connectivity index (χ1n) is 6.73. The fourth-order valence-corrected chi connectivity index (χ4v) is 2.88. The summed E-state index contributed by atoms with van der Waals surface area (Å²) in [6.45, 7) is 0.595. The molecule has 0 amide bonds. The van der Waals surface area contributed by atoms with Crippen LogP contribution in [0.15, 0.2) is 36.7 Å². The summed E-state index contributed by atoms with van der Waals surface area (Å²) in [5.74, 6) is 0.585. The summed E-state index contributed by atoms with van der Waals surface area (Å²) in [5, 5.41) is 1.76. The summed E-state index contributed by atoms with van der Waals surface area (Å²) in [6.07, 6.45) is 4.53. The molecule has 2 aromatic heterocycles. The molecule has 1 aromatic carbocycles. The van der Waals surface area contributed by atoms with Gasteiger partial charge in [-0.15, -0.1) is 0 Å². The number of H-pyrrole nitrogens is 1. The van der Waals surface area contributed by atoms with E-state index in [0.717, 1.165) is 39.0 Å². The molecule has 0 saturated heterocycles. The van der Waals surface area contributed by atoms with E-state index < -0.39 is 0 Å². The van der Waals surface area contributed by atoms with Gasteiger partial charge in [-0.1, -0.05) is 17.7 Å². The van der Waals surface area contributed by atoms with Gasteiger partial charge in [0.25, 0.3) is 0 Å². The Balaban J connectivity index is 2.13. The van der Waals surface area contributed by atoms with Crippen LogP contribution in [0.3, 0.4) is 0 Å². The second kappa shape index (κ2) is 5.76. The number of benzene rings is 1. The Morgan fingerprint density at radius 1 is 1.29 bits per heavy atom. The number of halogens is 1. The third-order valence-electron chi connectivity index (χ3n) is 3.54. The SMILES string of the molecule is COc1ccc(-c2ccc3[nH]cc(CCN)c3c2Cl)cn1. The van der Waals surface area contributed by atoms with E-state index >= 15 is 0 Å². The van der Waals surface area contributed by atoms with Crippen molar-refractivity contribution in [3.05, 3.63) is 47.2 Å². The normalized spacial score (nSPS) is 11.0. The van der Waals surface area contributed by atoms with Crippen LogP contribution in [0.25, 0.3) is 22.0 Å². The fraction of sp³-hybridized carbons (Fsp3) is 0.188. The summed E-state index contributed by atoms with van der Waals surface area (Å²) >= 11 is 6.61. The molecule has 0 radical (unpaired) electrons. The van der Waals surface area contributed by atoms with Gasteiger partial charge in [-0.25, -0.2) is 4.98 Å². The van der Waals surface area contributed by atoms with Crippen LogP contribution in [0.5, 0.6) is 5.88 Å². The predicted octanol–water partition coefficient (Wildman–Crippen LogP) is 3.39. The second-order valence-electron chi connectivity index (χ2n) is 4.79. The van der Waals surface area contributed by atoms with Crippen LogP contribution in [0.4, 0.5) is 0 Å². The number of nitrogens with zero attached hydrogens (tertiary/aromatic N) is 1. The Morgan fingerprint density at radius 2 is 2.14 bits per heavy atom. The van der Waals surface area contributed by atoms with Gasteiger partial charge in [0.15, 0.2) is 0 Å². The lowest BCUT2D eigenvalue weighted by molar-refractivity contribution is 0.398. The molecular weight excluding hydrogens is 286 g/mol. The van der Waals surface area contributed by atoms with Crippen LogP contribution in [-0.4, -0.2) is 23.6 Å². The van der Waals surface area contributed by atoms with Crippen molar-refractivity contribution in [2.75, 3.05) is 13.7 Å². The van der Waals surface area contributed by atoms with Gasteiger partial charge in [0.2, 0.25) is 5.88 Å². The number of nitrogens with two attached hydrogens (primary N) is 1. The van der Waals surface area contributed by atoms with Crippen molar-refractivity contribution in [2.45, 2.75) is 6.42 Å². The van der Waals surface area contributed by atoms with E-state index in [9.17, 15) is 0 Å². The number of pyridine rings is 1. The monoisotopic (exact) mass is 301 g/mol. The van der Waals surface area contributed by atoms with E-state index in [0.29, 0.717) is 12.4 Å². The Kier molecular flexibility index (Phi) is 3.82. The van der Waals surface area contributed by atoms with Gasteiger partial charge in [-0.05, 0) is 30.7 Å². The van der Waals surface area contributed by atoms with Crippen LogP contribution >= 0.6 is 11.6 Å². The maximum absolute atomic E-state index is 6.61. The van der Waals surface area contributed by atoms with Gasteiger partial charge in [-0.3, -0.25) is 0 Å². The first-order chi connectivity index (χ1) is 10.2. The first kappa shape index (κ1) is 13.9. The average molecular weight is 302 g/mol. The van der Waals surface area contributed by atoms with Crippen molar-refractivity contribution in [1.82, 2.24) is 9.97 Å². The quantitative estimate of drug-likeness (QED) is 0.776. The standard InChI is InChI=1S/C16H16ClN3O/c1-21-14-5-2-10(8-20-14)12-3-4-13-15(16(12)17)11(6-7-18)9-19-13/h2-5,8-9,19H,6-7,18H2,1H3. The van der Waals surface area contributed by atoms with Gasteiger partial charge in [-0.2, -0.15) is 0 Å². The van der Waals surface area contributed by atoms with Gasteiger partial charge in [0, 0.05) is 40.5 Å². The fourth-order valence-electron chi connectivity index (χ4n) is 2.48. The molecule has 5 heteroatoms. The molecule has 3 rings (SSSR count). The third-order valence-corrected chi connectivity index (χ3v) is 3.93. The van der Waals surface area contributed by atoms with Gasteiger partial charge in [0.05, 0.1) is 12.1 Å². The van der Waals surface area contributed by atoms with Crippen LogP contribution in [0.1, 0.15) is 5.56 Å². The summed E-state index contributed by atoms with van der Waals surface area (Å²) in [7, 11) is 1.60. The molecule has 0 bridgehead atoms. The van der Waals surface area contributed by atoms with Crippen molar-refractivity contribution in [1.29, 1.82) is 0 Å². The largest absolute Gasteiger partial charge is 0.481 e. The van der Waals surface area contributed by atoms with E-state index in [1.165, 1.54) is 0 Å². The number of rotatable bonds is 4. The van der Waals surface area contributed by atoms with Crippen LogP contribution in [-0.2, 0) is 6.42 Å². The summed E-state index contributed by atoms with van der Waals surface area (Å²) in [4.78, 5) is 7.47. The number of nitrogens with one attached hydrogen (secondary N) is 1. The lowest BCUT2D eigenvalue weighted by Gasteiger charge is -2.08. The lowest BCUT2D eigenvalue weighted by Crippen LogP contribution is -2.02. The first-order valence-corrected chi connectivity index (χ1v) is 7.11. The highest BCUT2D eigenvalue weighted by Crippen LogP contribution is 2.36. The molecular formula is C16H16ClN3O. The van der Waals surface area contributed by atoms with Gasteiger partial charge < -0.3 is 15.5 Å². The zero-order chi connectivity index (χ0) is 14.8. The van der Waals surface area contributed by atoms with Gasteiger partial charge in [0.1, 0.15) is 0 Å². The number of ether oxygens (including phenoxy) is 1. The molecule has 3 N–H and O–H groups in total. The van der Waals surface area contributed by atoms with Crippen LogP contribution in [0.2, 0.25) is 5.02 Å². The molecule has 0 spiro atoms. The molecule has 2 heterocycles. The molecule has 3 aromatic rings. The predicted molar refractivity (Wildman–Crippen MR) is 85.9 cm³/mol. The highest BCUT2D eigenvalue weighted by atomic mass is 35.5. The summed E-state index contributed by atoms with van der Waals surface area (Å²) in [6, 6.07) is 7.81. The zero-order valence-corrected chi connectivity index (χ0v) is 12.4. The average Bonchev–Trinajstić information content (AvgIpc) is 2.92. The Labute approximate surface area is 127 Å². The van der Waals surface area contributed by atoms with E-state index in [2.05, 4.69) is 9.97 Å². The number of fused-ring (bicyclic) bond motifs is 1. The summed E-state index contributed by atoms with van der Waals surface area (Å²) < 4.78 is 5.08. The molecule has 21 heavy (non-hydrogen) atoms. The van der Waals surface area contributed by atoms with Crippen LogP contribution < -0.4 is 10.5 Å². The van der Waals surface area contributed by atoms with E-state index in [-0.39, 0.29) is 0 Å². The second-order valence-corrected chi connectivity index (χ2v) is 5.17. The molecule has 0 saturated carbocycles. The smallest absolute Gasteiger partial charge is 0.212 e. The molecule has 0 aliphatic heterocycles. The molecule has 0 aliphatic carbocycles. The lowest BCUT2D eigenvalue weighted by atomic mass is 10.0. The number of hydrogen-bond acceptors (Lipinski definition) is 3. The highest BCUT2D eigenvalue weighted by molar-refractivity contribution is 6.38. The highest BCUT2D eigenvalue weighted by Gasteiger charge is 2.12. The zero-order valence-electron chi connectivity index (χ0n) is 11.7. The van der Waals surface area contributed by atoms with E-state index in [1.807, 2.05) is 30.5 Å².